The minimum atomic E-state index is -0.449. The van der Waals surface area contributed by atoms with Gasteiger partial charge in [0.1, 0.15) is 0 Å². The number of aliphatic imine (C=N–C) groups is 1. The Labute approximate surface area is 128 Å². The van der Waals surface area contributed by atoms with Gasteiger partial charge in [-0.05, 0) is 17.7 Å². The largest absolute Gasteiger partial charge is 0.287 e. The highest BCUT2D eigenvalue weighted by molar-refractivity contribution is 6.31. The smallest absolute Gasteiger partial charge is 0.243 e. The van der Waals surface area contributed by atoms with Gasteiger partial charge in [-0.15, -0.1) is 0 Å². The molecular weight excluding hydrogens is 276 g/mol. The number of anilines is 1. The number of hydrogen-bond donors (Lipinski definition) is 0. The molecule has 1 fully saturated rings. The summed E-state index contributed by atoms with van der Waals surface area (Å²) in [6.45, 7) is 0.392. The number of benzene rings is 2. The van der Waals surface area contributed by atoms with Gasteiger partial charge in [-0.25, -0.2) is 4.90 Å². The number of imide groups is 1. The Morgan fingerprint density at radius 1 is 0.864 bits per heavy atom. The standard InChI is InChI=1S/C18H14N2O2/c21-17-14-11-19-16(12-7-3-1-4-8-12)15(14)18(22)20(17)13-9-5-2-6-10-13/h1-10,14-15H,11H2/t14-,15-/m1/s1. The maximum Gasteiger partial charge on any atom is 0.243 e. The zero-order chi connectivity index (χ0) is 15.1. The van der Waals surface area contributed by atoms with Gasteiger partial charge in [0.2, 0.25) is 11.8 Å². The first-order valence-electron chi connectivity index (χ1n) is 7.30. The molecule has 0 bridgehead atoms. The monoisotopic (exact) mass is 290 g/mol. The molecule has 2 heterocycles. The van der Waals surface area contributed by atoms with Crippen LogP contribution in [-0.2, 0) is 9.59 Å². The van der Waals surface area contributed by atoms with Crippen LogP contribution in [0, 0.1) is 11.8 Å². The second-order valence-corrected chi connectivity index (χ2v) is 5.52. The summed E-state index contributed by atoms with van der Waals surface area (Å²) >= 11 is 0. The molecule has 0 N–H and O–H groups in total. The average Bonchev–Trinajstić information content (AvgIpc) is 3.10. The van der Waals surface area contributed by atoms with Gasteiger partial charge < -0.3 is 0 Å². The lowest BCUT2D eigenvalue weighted by molar-refractivity contribution is -0.122. The van der Waals surface area contributed by atoms with E-state index in [0.29, 0.717) is 12.2 Å². The van der Waals surface area contributed by atoms with Crippen LogP contribution in [0.5, 0.6) is 0 Å². The Bertz CT molecular complexity index is 768. The van der Waals surface area contributed by atoms with E-state index >= 15 is 0 Å². The van der Waals surface area contributed by atoms with Gasteiger partial charge in [0.15, 0.2) is 0 Å². The molecule has 1 saturated heterocycles. The summed E-state index contributed by atoms with van der Waals surface area (Å²) in [6.07, 6.45) is 0. The Morgan fingerprint density at radius 2 is 1.50 bits per heavy atom. The molecule has 4 rings (SSSR count). The number of amides is 2. The van der Waals surface area contributed by atoms with E-state index in [-0.39, 0.29) is 17.7 Å². The van der Waals surface area contributed by atoms with Crippen LogP contribution in [0.2, 0.25) is 0 Å². The summed E-state index contributed by atoms with van der Waals surface area (Å²) in [7, 11) is 0. The fourth-order valence-corrected chi connectivity index (χ4v) is 3.23. The first-order chi connectivity index (χ1) is 10.8. The molecule has 2 aromatic rings. The van der Waals surface area contributed by atoms with Crippen LogP contribution < -0.4 is 4.90 Å². The molecule has 4 nitrogen and oxygen atoms in total. The first kappa shape index (κ1) is 13.0. The molecule has 0 radical (unpaired) electrons. The van der Waals surface area contributed by atoms with E-state index in [1.807, 2.05) is 48.5 Å². The second-order valence-electron chi connectivity index (χ2n) is 5.52. The third-order valence-corrected chi connectivity index (χ3v) is 4.26. The molecular formula is C18H14N2O2. The molecule has 0 saturated carbocycles. The number of fused-ring (bicyclic) bond motifs is 1. The minimum Gasteiger partial charge on any atom is -0.287 e. The Balaban J connectivity index is 1.73. The minimum absolute atomic E-state index is 0.143. The third kappa shape index (κ3) is 1.80. The average molecular weight is 290 g/mol. The SMILES string of the molecule is O=C1[C@H]2C(c3ccccc3)=NC[C@H]2C(=O)N1c1ccccc1. The van der Waals surface area contributed by atoms with Crippen LogP contribution in [0.15, 0.2) is 65.7 Å². The van der Waals surface area contributed by atoms with Crippen molar-refractivity contribution in [1.29, 1.82) is 0 Å². The number of rotatable bonds is 2. The summed E-state index contributed by atoms with van der Waals surface area (Å²) < 4.78 is 0. The Morgan fingerprint density at radius 3 is 2.18 bits per heavy atom. The number of carbonyl (C=O) groups excluding carboxylic acids is 2. The fraction of sp³-hybridized carbons (Fsp3) is 0.167. The van der Waals surface area contributed by atoms with Gasteiger partial charge in [0.25, 0.3) is 0 Å². The van der Waals surface area contributed by atoms with Crippen molar-refractivity contribution >= 4 is 23.2 Å². The quantitative estimate of drug-likeness (QED) is 0.797. The molecule has 2 aliphatic heterocycles. The van der Waals surface area contributed by atoms with E-state index in [9.17, 15) is 9.59 Å². The van der Waals surface area contributed by atoms with Gasteiger partial charge in [-0.2, -0.15) is 0 Å². The normalized spacial score (nSPS) is 23.6. The van der Waals surface area contributed by atoms with Crippen LogP contribution in [0.3, 0.4) is 0 Å². The third-order valence-electron chi connectivity index (χ3n) is 4.26. The maximum absolute atomic E-state index is 12.8. The molecule has 2 aliphatic rings. The highest BCUT2D eigenvalue weighted by Gasteiger charge is 2.53. The fourth-order valence-electron chi connectivity index (χ4n) is 3.23. The number of hydrogen-bond acceptors (Lipinski definition) is 3. The van der Waals surface area contributed by atoms with Crippen molar-refractivity contribution < 1.29 is 9.59 Å². The van der Waals surface area contributed by atoms with E-state index < -0.39 is 5.92 Å². The summed E-state index contributed by atoms with van der Waals surface area (Å²) in [5, 5.41) is 0. The number of carbonyl (C=O) groups is 2. The molecule has 0 aromatic heterocycles. The van der Waals surface area contributed by atoms with Crippen molar-refractivity contribution in [2.24, 2.45) is 16.8 Å². The predicted octanol–water partition coefficient (Wildman–Crippen LogP) is 2.30. The van der Waals surface area contributed by atoms with E-state index in [0.717, 1.165) is 11.3 Å². The number of para-hydroxylation sites is 1. The lowest BCUT2D eigenvalue weighted by Gasteiger charge is -2.15. The van der Waals surface area contributed by atoms with Crippen molar-refractivity contribution in [3.8, 4) is 0 Å². The summed E-state index contributed by atoms with van der Waals surface area (Å²) in [5.74, 6) is -1.12. The van der Waals surface area contributed by atoms with E-state index in [2.05, 4.69) is 4.99 Å². The zero-order valence-electron chi connectivity index (χ0n) is 11.8. The highest BCUT2D eigenvalue weighted by Crippen LogP contribution is 2.37. The molecule has 22 heavy (non-hydrogen) atoms. The van der Waals surface area contributed by atoms with E-state index in [4.69, 9.17) is 0 Å². The summed E-state index contributed by atoms with van der Waals surface area (Å²) in [6, 6.07) is 18.7. The van der Waals surface area contributed by atoms with Crippen LogP contribution in [0.4, 0.5) is 5.69 Å². The molecule has 2 atom stereocenters. The van der Waals surface area contributed by atoms with Crippen LogP contribution in [-0.4, -0.2) is 24.1 Å². The van der Waals surface area contributed by atoms with Crippen LogP contribution >= 0.6 is 0 Å². The highest BCUT2D eigenvalue weighted by atomic mass is 16.2. The number of nitrogens with zero attached hydrogens (tertiary/aromatic N) is 2. The van der Waals surface area contributed by atoms with Gasteiger partial charge in [-0.3, -0.25) is 14.6 Å². The molecule has 0 aliphatic carbocycles. The Hall–Kier alpha value is -2.75. The van der Waals surface area contributed by atoms with Crippen molar-refractivity contribution in [1.82, 2.24) is 0 Å². The zero-order valence-corrected chi connectivity index (χ0v) is 11.8. The predicted molar refractivity (Wildman–Crippen MR) is 83.8 cm³/mol. The van der Waals surface area contributed by atoms with Crippen LogP contribution in [0.25, 0.3) is 0 Å². The molecule has 0 unspecified atom stereocenters. The molecule has 0 spiro atoms. The summed E-state index contributed by atoms with van der Waals surface area (Å²) in [4.78, 5) is 31.2. The van der Waals surface area contributed by atoms with Crippen molar-refractivity contribution in [3.05, 3.63) is 66.2 Å². The van der Waals surface area contributed by atoms with E-state index in [1.54, 1.807) is 12.1 Å². The van der Waals surface area contributed by atoms with Crippen LogP contribution in [0.1, 0.15) is 5.56 Å². The topological polar surface area (TPSA) is 49.7 Å². The maximum atomic E-state index is 12.8. The van der Waals surface area contributed by atoms with Gasteiger partial charge in [0, 0.05) is 0 Å². The van der Waals surface area contributed by atoms with Crippen molar-refractivity contribution in [3.63, 3.8) is 0 Å². The van der Waals surface area contributed by atoms with Crippen molar-refractivity contribution in [2.75, 3.05) is 11.4 Å². The summed E-state index contributed by atoms with van der Waals surface area (Å²) in [5.41, 5.74) is 2.30. The lowest BCUT2D eigenvalue weighted by Crippen LogP contribution is -2.32. The molecule has 4 heteroatoms. The van der Waals surface area contributed by atoms with Crippen molar-refractivity contribution in [2.45, 2.75) is 0 Å². The van der Waals surface area contributed by atoms with Gasteiger partial charge in [0.05, 0.1) is 29.8 Å². The first-order valence-corrected chi connectivity index (χ1v) is 7.30. The molecule has 2 aromatic carbocycles. The van der Waals surface area contributed by atoms with Gasteiger partial charge >= 0.3 is 0 Å². The Kier molecular flexibility index (Phi) is 2.89. The van der Waals surface area contributed by atoms with Gasteiger partial charge in [-0.1, -0.05) is 48.5 Å². The second kappa shape index (κ2) is 4.91. The molecule has 2 amide bonds. The van der Waals surface area contributed by atoms with E-state index in [1.165, 1.54) is 4.90 Å². The lowest BCUT2D eigenvalue weighted by atomic mass is 9.90. The molecule has 108 valence electrons.